The van der Waals surface area contributed by atoms with Gasteiger partial charge in [0.25, 0.3) is 10.0 Å². The number of H-pyrrole nitrogens is 1. The van der Waals surface area contributed by atoms with Crippen LogP contribution in [0, 0.1) is 12.8 Å². The smallest absolute Gasteiger partial charge is 0.257 e. The van der Waals surface area contributed by atoms with Crippen LogP contribution >= 0.6 is 0 Å². The largest absolute Gasteiger partial charge is 0.380 e. The lowest BCUT2D eigenvalue weighted by molar-refractivity contribution is 0.128. The van der Waals surface area contributed by atoms with Crippen molar-refractivity contribution in [2.24, 2.45) is 5.92 Å². The first-order chi connectivity index (χ1) is 8.42. The summed E-state index contributed by atoms with van der Waals surface area (Å²) in [5.74, 6) is 1.17. The van der Waals surface area contributed by atoms with Gasteiger partial charge in [-0.1, -0.05) is 13.8 Å². The Hall–Kier alpha value is -0.920. The molecule has 1 aromatic rings. The summed E-state index contributed by atoms with van der Waals surface area (Å²) >= 11 is 0. The summed E-state index contributed by atoms with van der Waals surface area (Å²) in [5, 5.41) is 0.0854. The summed E-state index contributed by atoms with van der Waals surface area (Å²) in [7, 11) is -3.49. The van der Waals surface area contributed by atoms with Crippen LogP contribution < -0.4 is 4.72 Å². The summed E-state index contributed by atoms with van der Waals surface area (Å²) in [6.45, 7) is 7.23. The molecule has 0 aromatic carbocycles. The number of hydrogen-bond donors (Lipinski definition) is 2. The third-order valence-electron chi connectivity index (χ3n) is 2.35. The average Bonchev–Trinajstić information content (AvgIpc) is 2.70. The quantitative estimate of drug-likeness (QED) is 0.695. The molecule has 18 heavy (non-hydrogen) atoms. The number of imidazole rings is 1. The van der Waals surface area contributed by atoms with Crippen molar-refractivity contribution in [3.05, 3.63) is 12.0 Å². The van der Waals surface area contributed by atoms with E-state index in [1.807, 2.05) is 0 Å². The van der Waals surface area contributed by atoms with Crippen LogP contribution in [0.1, 0.15) is 26.1 Å². The SMILES string of the molecule is Cc1ncc(S(=O)(=O)NCCOCCC(C)C)[nH]1. The number of rotatable bonds is 8. The van der Waals surface area contributed by atoms with Gasteiger partial charge in [-0.25, -0.2) is 18.1 Å². The van der Waals surface area contributed by atoms with Crippen LogP contribution in [0.15, 0.2) is 11.2 Å². The van der Waals surface area contributed by atoms with E-state index >= 15 is 0 Å². The van der Waals surface area contributed by atoms with E-state index in [0.29, 0.717) is 25.0 Å². The topological polar surface area (TPSA) is 84.1 Å². The first kappa shape index (κ1) is 15.1. The maximum absolute atomic E-state index is 11.7. The van der Waals surface area contributed by atoms with E-state index in [1.54, 1.807) is 6.92 Å². The number of sulfonamides is 1. The Morgan fingerprint density at radius 2 is 2.17 bits per heavy atom. The molecule has 0 amide bonds. The minimum Gasteiger partial charge on any atom is -0.380 e. The molecular formula is C11H21N3O3S. The molecule has 0 saturated heterocycles. The van der Waals surface area contributed by atoms with E-state index in [9.17, 15) is 8.42 Å². The highest BCUT2D eigenvalue weighted by molar-refractivity contribution is 7.89. The Balaban J connectivity index is 2.26. The molecular weight excluding hydrogens is 254 g/mol. The van der Waals surface area contributed by atoms with Gasteiger partial charge < -0.3 is 9.72 Å². The molecule has 0 aliphatic heterocycles. The second-order valence-corrected chi connectivity index (χ2v) is 6.26. The highest BCUT2D eigenvalue weighted by Crippen LogP contribution is 2.04. The molecule has 0 fully saturated rings. The van der Waals surface area contributed by atoms with E-state index in [1.165, 1.54) is 6.20 Å². The first-order valence-corrected chi connectivity index (χ1v) is 7.49. The number of nitrogens with zero attached hydrogens (tertiary/aromatic N) is 1. The molecule has 0 bridgehead atoms. The van der Waals surface area contributed by atoms with Crippen molar-refractivity contribution in [3.8, 4) is 0 Å². The second-order valence-electron chi connectivity index (χ2n) is 4.53. The van der Waals surface area contributed by atoms with Gasteiger partial charge in [-0.2, -0.15) is 0 Å². The Morgan fingerprint density at radius 3 is 2.72 bits per heavy atom. The molecule has 1 heterocycles. The zero-order valence-corrected chi connectivity index (χ0v) is 11.9. The fourth-order valence-corrected chi connectivity index (χ4v) is 2.26. The van der Waals surface area contributed by atoms with Crippen molar-refractivity contribution in [3.63, 3.8) is 0 Å². The second kappa shape index (κ2) is 6.86. The van der Waals surface area contributed by atoms with E-state index in [2.05, 4.69) is 28.5 Å². The monoisotopic (exact) mass is 275 g/mol. The Kier molecular flexibility index (Phi) is 5.77. The number of ether oxygens (including phenoxy) is 1. The molecule has 104 valence electrons. The van der Waals surface area contributed by atoms with Gasteiger partial charge in [0, 0.05) is 13.2 Å². The Labute approximate surface area is 108 Å². The third kappa shape index (κ3) is 5.16. The predicted molar refractivity (Wildman–Crippen MR) is 68.8 cm³/mol. The zero-order chi connectivity index (χ0) is 13.6. The minimum absolute atomic E-state index is 0.0854. The first-order valence-electron chi connectivity index (χ1n) is 6.01. The molecule has 0 saturated carbocycles. The number of aromatic nitrogens is 2. The van der Waals surface area contributed by atoms with Crippen LogP contribution in [-0.2, 0) is 14.8 Å². The number of hydrogen-bond acceptors (Lipinski definition) is 4. The maximum atomic E-state index is 11.7. The van der Waals surface area contributed by atoms with E-state index < -0.39 is 10.0 Å². The lowest BCUT2D eigenvalue weighted by Crippen LogP contribution is -2.28. The van der Waals surface area contributed by atoms with Crippen molar-refractivity contribution in [2.45, 2.75) is 32.2 Å². The fourth-order valence-electron chi connectivity index (χ4n) is 1.28. The molecule has 0 unspecified atom stereocenters. The summed E-state index contributed by atoms with van der Waals surface area (Å²) in [6.07, 6.45) is 2.28. The van der Waals surface area contributed by atoms with Gasteiger partial charge in [-0.3, -0.25) is 0 Å². The van der Waals surface area contributed by atoms with Crippen LogP contribution in [0.4, 0.5) is 0 Å². The summed E-state index contributed by atoms with van der Waals surface area (Å²) in [5.41, 5.74) is 0. The highest BCUT2D eigenvalue weighted by Gasteiger charge is 2.15. The van der Waals surface area contributed by atoms with Crippen LogP contribution in [0.25, 0.3) is 0 Å². The van der Waals surface area contributed by atoms with E-state index in [0.717, 1.165) is 6.42 Å². The van der Waals surface area contributed by atoms with Gasteiger partial charge in [0.1, 0.15) is 5.82 Å². The van der Waals surface area contributed by atoms with Crippen LogP contribution in [0.2, 0.25) is 0 Å². The van der Waals surface area contributed by atoms with Gasteiger partial charge in [0.2, 0.25) is 0 Å². The molecule has 0 aliphatic carbocycles. The van der Waals surface area contributed by atoms with Crippen LogP contribution in [0.5, 0.6) is 0 Å². The summed E-state index contributed by atoms with van der Waals surface area (Å²) in [4.78, 5) is 6.53. The van der Waals surface area contributed by atoms with Crippen LogP contribution in [0.3, 0.4) is 0 Å². The summed E-state index contributed by atoms with van der Waals surface area (Å²) in [6, 6.07) is 0. The van der Waals surface area contributed by atoms with Crippen molar-refractivity contribution in [1.29, 1.82) is 0 Å². The number of aromatic amines is 1. The zero-order valence-electron chi connectivity index (χ0n) is 11.1. The van der Waals surface area contributed by atoms with Crippen molar-refractivity contribution in [2.75, 3.05) is 19.8 Å². The van der Waals surface area contributed by atoms with E-state index in [-0.39, 0.29) is 11.6 Å². The predicted octanol–water partition coefficient (Wildman–Crippen LogP) is 1.06. The van der Waals surface area contributed by atoms with Gasteiger partial charge >= 0.3 is 0 Å². The van der Waals surface area contributed by atoms with Crippen LogP contribution in [-0.4, -0.2) is 38.1 Å². The van der Waals surface area contributed by atoms with Gasteiger partial charge in [0.15, 0.2) is 5.03 Å². The van der Waals surface area contributed by atoms with Crippen molar-refractivity contribution >= 4 is 10.0 Å². The number of nitrogens with one attached hydrogen (secondary N) is 2. The molecule has 2 N–H and O–H groups in total. The standard InChI is InChI=1S/C11H21N3O3S/c1-9(2)4-6-17-7-5-13-18(15,16)11-8-12-10(3)14-11/h8-9,13H,4-7H2,1-3H3,(H,12,14). The lowest BCUT2D eigenvalue weighted by Gasteiger charge is -2.07. The average molecular weight is 275 g/mol. The maximum Gasteiger partial charge on any atom is 0.257 e. The number of aryl methyl sites for hydroxylation is 1. The lowest BCUT2D eigenvalue weighted by atomic mass is 10.1. The molecule has 0 atom stereocenters. The normalized spacial score (nSPS) is 12.2. The van der Waals surface area contributed by atoms with Gasteiger partial charge in [-0.05, 0) is 19.3 Å². The van der Waals surface area contributed by atoms with Crippen molar-refractivity contribution < 1.29 is 13.2 Å². The van der Waals surface area contributed by atoms with Crippen molar-refractivity contribution in [1.82, 2.24) is 14.7 Å². The molecule has 0 aliphatic rings. The molecule has 6 nitrogen and oxygen atoms in total. The Morgan fingerprint density at radius 1 is 1.44 bits per heavy atom. The Bertz CT molecular complexity index is 454. The molecule has 1 aromatic heterocycles. The molecule has 0 radical (unpaired) electrons. The van der Waals surface area contributed by atoms with Gasteiger partial charge in [-0.15, -0.1) is 0 Å². The highest BCUT2D eigenvalue weighted by atomic mass is 32.2. The minimum atomic E-state index is -3.49. The molecule has 0 spiro atoms. The van der Waals surface area contributed by atoms with Gasteiger partial charge in [0.05, 0.1) is 12.8 Å². The van der Waals surface area contributed by atoms with E-state index in [4.69, 9.17) is 4.74 Å². The third-order valence-corrected chi connectivity index (χ3v) is 3.72. The molecule has 7 heteroatoms. The summed E-state index contributed by atoms with van der Waals surface area (Å²) < 4.78 is 31.3. The fraction of sp³-hybridized carbons (Fsp3) is 0.727. The molecule has 1 rings (SSSR count).